The molecule has 0 aliphatic heterocycles. The molecule has 0 bridgehead atoms. The van der Waals surface area contributed by atoms with E-state index in [2.05, 4.69) is 18.1 Å². The molecule has 0 fully saturated rings. The van der Waals surface area contributed by atoms with Crippen LogP contribution in [0.5, 0.6) is 0 Å². The van der Waals surface area contributed by atoms with Crippen LogP contribution in [0.25, 0.3) is 0 Å². The summed E-state index contributed by atoms with van der Waals surface area (Å²) in [4.78, 5) is 0. The highest BCUT2D eigenvalue weighted by molar-refractivity contribution is 8.22. The van der Waals surface area contributed by atoms with Crippen LogP contribution in [0.15, 0.2) is 0 Å². The van der Waals surface area contributed by atoms with Crippen molar-refractivity contribution in [1.29, 1.82) is 0 Å². The van der Waals surface area contributed by atoms with Crippen molar-refractivity contribution in [2.24, 2.45) is 0 Å². The SMILES string of the molecule is CC[SiH2]SCCC[SiH2]OC. The fraction of sp³-hybridized carbons (Fsp3) is 1.00. The Balaban J connectivity index is 2.65. The quantitative estimate of drug-likeness (QED) is 0.438. The molecule has 0 saturated carbocycles. The molecule has 10 heavy (non-hydrogen) atoms. The Labute approximate surface area is 72.7 Å². The normalized spacial score (nSPS) is 12.6. The molecule has 1 nitrogen and oxygen atoms in total. The molecule has 0 aliphatic rings. The van der Waals surface area contributed by atoms with E-state index in [1.54, 1.807) is 0 Å². The van der Waals surface area contributed by atoms with E-state index < -0.39 is 0 Å². The molecule has 0 aromatic rings. The third-order valence-corrected chi connectivity index (χ3v) is 6.66. The third kappa shape index (κ3) is 8.74. The molecule has 0 aromatic carbocycles. The molecule has 0 atom stereocenters. The standard InChI is InChI=1S/C6H18OSSi2/c1-3-10-8-5-4-6-9-7-2/h3-6,9-10H2,1-2H3. The van der Waals surface area contributed by atoms with E-state index in [4.69, 9.17) is 4.43 Å². The number of hydrogen-bond donors (Lipinski definition) is 0. The van der Waals surface area contributed by atoms with Crippen LogP contribution in [0.3, 0.4) is 0 Å². The summed E-state index contributed by atoms with van der Waals surface area (Å²) in [5.41, 5.74) is 0. The van der Waals surface area contributed by atoms with E-state index in [0.717, 1.165) is 0 Å². The van der Waals surface area contributed by atoms with Gasteiger partial charge in [-0.3, -0.25) is 0 Å². The lowest BCUT2D eigenvalue weighted by atomic mass is 10.6. The summed E-state index contributed by atoms with van der Waals surface area (Å²) in [5.74, 6) is 1.40. The Kier molecular flexibility index (Phi) is 10.5. The molecule has 0 aliphatic carbocycles. The van der Waals surface area contributed by atoms with E-state index in [1.165, 1.54) is 24.3 Å². The second-order valence-electron chi connectivity index (χ2n) is 2.31. The van der Waals surface area contributed by atoms with Gasteiger partial charge in [0.2, 0.25) is 0 Å². The second-order valence-corrected chi connectivity index (χ2v) is 8.68. The zero-order valence-corrected chi connectivity index (χ0v) is 10.7. The monoisotopic (exact) mass is 194 g/mol. The average Bonchev–Trinajstić information content (AvgIpc) is 1.97. The molecule has 0 rings (SSSR count). The summed E-state index contributed by atoms with van der Waals surface area (Å²) < 4.78 is 5.09. The zero-order valence-electron chi connectivity index (χ0n) is 7.06. The maximum absolute atomic E-state index is 5.09. The predicted octanol–water partition coefficient (Wildman–Crippen LogP) is 0.780. The molecule has 0 N–H and O–H groups in total. The first kappa shape index (κ1) is 10.7. The summed E-state index contributed by atoms with van der Waals surface area (Å²) in [6.07, 6.45) is 1.40. The van der Waals surface area contributed by atoms with E-state index >= 15 is 0 Å². The Morgan fingerprint density at radius 2 is 2.30 bits per heavy atom. The average molecular weight is 194 g/mol. The first-order chi connectivity index (χ1) is 4.91. The summed E-state index contributed by atoms with van der Waals surface area (Å²) in [5, 5.41) is 0. The molecular formula is C6H18OSSi2. The highest BCUT2D eigenvalue weighted by atomic mass is 32.4. The van der Waals surface area contributed by atoms with Crippen molar-refractivity contribution >= 4 is 29.6 Å². The largest absolute Gasteiger partial charge is 0.427 e. The number of rotatable bonds is 7. The molecular weight excluding hydrogens is 176 g/mol. The fourth-order valence-corrected chi connectivity index (χ4v) is 4.79. The van der Waals surface area contributed by atoms with Crippen LogP contribution in [-0.2, 0) is 4.43 Å². The van der Waals surface area contributed by atoms with Crippen molar-refractivity contribution in [2.75, 3.05) is 12.9 Å². The molecule has 0 aromatic heterocycles. The van der Waals surface area contributed by atoms with E-state index in [1.807, 2.05) is 7.11 Å². The van der Waals surface area contributed by atoms with Gasteiger partial charge in [-0.05, 0) is 18.2 Å². The van der Waals surface area contributed by atoms with Gasteiger partial charge in [-0.15, -0.1) is 0 Å². The highest BCUT2D eigenvalue weighted by Gasteiger charge is 1.89. The van der Waals surface area contributed by atoms with E-state index in [-0.39, 0.29) is 18.4 Å². The van der Waals surface area contributed by atoms with E-state index in [9.17, 15) is 0 Å². The van der Waals surface area contributed by atoms with Gasteiger partial charge in [0.15, 0.2) is 9.76 Å². The van der Waals surface area contributed by atoms with Crippen molar-refractivity contribution in [3.8, 4) is 0 Å². The lowest BCUT2D eigenvalue weighted by Crippen LogP contribution is -1.93. The Bertz CT molecular complexity index is 55.7. The maximum atomic E-state index is 5.09. The molecule has 4 heteroatoms. The van der Waals surface area contributed by atoms with Crippen LogP contribution in [0, 0.1) is 0 Å². The van der Waals surface area contributed by atoms with Gasteiger partial charge in [0.05, 0.1) is 8.67 Å². The van der Waals surface area contributed by atoms with Crippen LogP contribution in [0.1, 0.15) is 13.3 Å². The molecule has 0 heterocycles. The molecule has 0 unspecified atom stereocenters. The van der Waals surface area contributed by atoms with Crippen LogP contribution in [0.4, 0.5) is 0 Å². The molecule has 0 radical (unpaired) electrons. The van der Waals surface area contributed by atoms with Gasteiger partial charge in [0.25, 0.3) is 0 Å². The van der Waals surface area contributed by atoms with Gasteiger partial charge in [0, 0.05) is 7.11 Å². The van der Waals surface area contributed by atoms with Gasteiger partial charge in [0.1, 0.15) is 0 Å². The minimum atomic E-state index is -0.110. The Morgan fingerprint density at radius 1 is 1.50 bits per heavy atom. The lowest BCUT2D eigenvalue weighted by molar-refractivity contribution is 0.440. The van der Waals surface area contributed by atoms with Gasteiger partial charge < -0.3 is 4.43 Å². The van der Waals surface area contributed by atoms with Crippen molar-refractivity contribution in [3.63, 3.8) is 0 Å². The molecule has 0 saturated heterocycles. The van der Waals surface area contributed by atoms with Gasteiger partial charge in [-0.1, -0.05) is 13.0 Å². The van der Waals surface area contributed by atoms with Crippen molar-refractivity contribution in [1.82, 2.24) is 0 Å². The van der Waals surface area contributed by atoms with Gasteiger partial charge >= 0.3 is 0 Å². The van der Waals surface area contributed by atoms with Crippen molar-refractivity contribution in [3.05, 3.63) is 0 Å². The topological polar surface area (TPSA) is 9.23 Å². The maximum Gasteiger partial charge on any atom is 0.161 e. The lowest BCUT2D eigenvalue weighted by Gasteiger charge is -1.97. The highest BCUT2D eigenvalue weighted by Crippen LogP contribution is 2.03. The smallest absolute Gasteiger partial charge is 0.161 e. The minimum absolute atomic E-state index is 0.110. The van der Waals surface area contributed by atoms with E-state index in [0.29, 0.717) is 0 Å². The van der Waals surface area contributed by atoms with Crippen molar-refractivity contribution in [2.45, 2.75) is 25.4 Å². The summed E-state index contributed by atoms with van der Waals surface area (Å²) in [6.45, 7) is 2.29. The fourth-order valence-electron chi connectivity index (χ4n) is 0.697. The van der Waals surface area contributed by atoms with Gasteiger partial charge in [-0.25, -0.2) is 0 Å². The van der Waals surface area contributed by atoms with Crippen LogP contribution < -0.4 is 0 Å². The summed E-state index contributed by atoms with van der Waals surface area (Å²) in [6, 6.07) is 2.83. The second kappa shape index (κ2) is 9.74. The van der Waals surface area contributed by atoms with Crippen LogP contribution in [0.2, 0.25) is 12.1 Å². The Hall–Kier alpha value is 0.744. The van der Waals surface area contributed by atoms with Gasteiger partial charge in [-0.2, -0.15) is 11.2 Å². The third-order valence-electron chi connectivity index (χ3n) is 1.24. The minimum Gasteiger partial charge on any atom is -0.427 e. The van der Waals surface area contributed by atoms with Crippen molar-refractivity contribution < 1.29 is 4.43 Å². The molecule has 0 amide bonds. The van der Waals surface area contributed by atoms with Crippen LogP contribution >= 0.6 is 11.2 Å². The first-order valence-electron chi connectivity index (χ1n) is 3.98. The molecule has 0 spiro atoms. The van der Waals surface area contributed by atoms with Crippen LogP contribution in [-0.4, -0.2) is 31.3 Å². The summed E-state index contributed by atoms with van der Waals surface area (Å²) in [7, 11) is 2.00. The summed E-state index contributed by atoms with van der Waals surface area (Å²) >= 11 is 2.21. The molecule has 62 valence electrons. The predicted molar refractivity (Wildman–Crippen MR) is 56.5 cm³/mol. The first-order valence-corrected chi connectivity index (χ1v) is 9.45. The zero-order chi connectivity index (χ0) is 7.66. The number of hydrogen-bond acceptors (Lipinski definition) is 2. The Morgan fingerprint density at radius 3 is 2.90 bits per heavy atom.